The molecule has 1 aromatic heterocycles. The molecule has 0 saturated carbocycles. The van der Waals surface area contributed by atoms with Gasteiger partial charge in [0, 0.05) is 16.6 Å². The predicted molar refractivity (Wildman–Crippen MR) is 75.7 cm³/mol. The third kappa shape index (κ3) is 2.83. The summed E-state index contributed by atoms with van der Waals surface area (Å²) in [6, 6.07) is 4.55. The number of aliphatic hydroxyl groups excluding tert-OH is 1. The summed E-state index contributed by atoms with van der Waals surface area (Å²) in [4.78, 5) is 0. The van der Waals surface area contributed by atoms with E-state index in [0.717, 1.165) is 6.42 Å². The lowest BCUT2D eigenvalue weighted by Gasteiger charge is -2.16. The Morgan fingerprint density at radius 1 is 1.53 bits per heavy atom. The molecule has 0 aliphatic rings. The summed E-state index contributed by atoms with van der Waals surface area (Å²) in [5, 5.41) is 14.8. The molecule has 19 heavy (non-hydrogen) atoms. The van der Waals surface area contributed by atoms with E-state index in [1.54, 1.807) is 16.8 Å². The highest BCUT2D eigenvalue weighted by Crippen LogP contribution is 2.34. The van der Waals surface area contributed by atoms with Crippen molar-refractivity contribution in [1.29, 1.82) is 0 Å². The van der Waals surface area contributed by atoms with Crippen molar-refractivity contribution in [1.82, 2.24) is 9.78 Å². The molecular weight excluding hydrogens is 335 g/mol. The van der Waals surface area contributed by atoms with Crippen LogP contribution in [0.2, 0.25) is 5.02 Å². The second-order valence-electron chi connectivity index (χ2n) is 4.14. The molecule has 1 heterocycles. The van der Waals surface area contributed by atoms with Crippen molar-refractivity contribution in [3.05, 3.63) is 51.0 Å². The quantitative estimate of drug-likeness (QED) is 0.910. The molecule has 0 radical (unpaired) electrons. The second-order valence-corrected chi connectivity index (χ2v) is 5.40. The van der Waals surface area contributed by atoms with Crippen molar-refractivity contribution in [3.8, 4) is 0 Å². The van der Waals surface area contributed by atoms with E-state index in [9.17, 15) is 9.50 Å². The first kappa shape index (κ1) is 14.5. The Bertz CT molecular complexity index is 568. The Morgan fingerprint density at radius 3 is 2.89 bits per heavy atom. The van der Waals surface area contributed by atoms with Crippen molar-refractivity contribution < 1.29 is 9.50 Å². The first-order valence-corrected chi connectivity index (χ1v) is 7.06. The molecule has 2 aromatic rings. The lowest BCUT2D eigenvalue weighted by atomic mass is 10.1. The minimum atomic E-state index is -1.16. The number of aryl methyl sites for hydroxylation is 1. The Balaban J connectivity index is 2.50. The van der Waals surface area contributed by atoms with Crippen LogP contribution < -0.4 is 0 Å². The minimum absolute atomic E-state index is 0.169. The molecule has 6 heteroatoms. The molecule has 0 saturated heterocycles. The predicted octanol–water partition coefficient (Wildman–Crippen LogP) is 3.93. The minimum Gasteiger partial charge on any atom is -0.382 e. The summed E-state index contributed by atoms with van der Waals surface area (Å²) in [6.45, 7) is 2.61. The van der Waals surface area contributed by atoms with Crippen LogP contribution in [0.4, 0.5) is 4.39 Å². The smallest absolute Gasteiger partial charge is 0.130 e. The fourth-order valence-corrected chi connectivity index (χ4v) is 2.75. The molecule has 0 fully saturated rings. The maximum atomic E-state index is 13.9. The number of rotatable bonds is 4. The largest absolute Gasteiger partial charge is 0.382 e. The second kappa shape index (κ2) is 6.03. The van der Waals surface area contributed by atoms with Crippen molar-refractivity contribution in [2.75, 3.05) is 0 Å². The van der Waals surface area contributed by atoms with Gasteiger partial charge >= 0.3 is 0 Å². The van der Waals surface area contributed by atoms with Crippen molar-refractivity contribution >= 4 is 27.5 Å². The van der Waals surface area contributed by atoms with Crippen LogP contribution in [0.3, 0.4) is 0 Å². The first-order valence-electron chi connectivity index (χ1n) is 5.89. The van der Waals surface area contributed by atoms with Gasteiger partial charge in [-0.3, -0.25) is 4.68 Å². The molecule has 0 spiro atoms. The zero-order chi connectivity index (χ0) is 14.0. The summed E-state index contributed by atoms with van der Waals surface area (Å²) < 4.78 is 16.0. The van der Waals surface area contributed by atoms with Crippen molar-refractivity contribution in [2.24, 2.45) is 0 Å². The third-order valence-electron chi connectivity index (χ3n) is 2.80. The Kier molecular flexibility index (Phi) is 4.60. The Labute approximate surface area is 124 Å². The molecule has 1 aromatic carbocycles. The lowest BCUT2D eigenvalue weighted by molar-refractivity contribution is 0.201. The van der Waals surface area contributed by atoms with E-state index in [1.807, 2.05) is 6.92 Å². The van der Waals surface area contributed by atoms with Crippen molar-refractivity contribution in [3.63, 3.8) is 0 Å². The van der Waals surface area contributed by atoms with E-state index in [2.05, 4.69) is 21.0 Å². The molecular formula is C13H13BrClFN2O. The molecule has 0 bridgehead atoms. The van der Waals surface area contributed by atoms with E-state index >= 15 is 0 Å². The number of nitrogens with zero attached hydrogens (tertiary/aromatic N) is 2. The van der Waals surface area contributed by atoms with Gasteiger partial charge in [-0.2, -0.15) is 5.10 Å². The highest BCUT2D eigenvalue weighted by atomic mass is 79.9. The number of aliphatic hydroxyl groups is 1. The standard InChI is InChI=1S/C13H13BrClFN2O/c1-2-6-18-12(9(15)7-17-18)13(19)11-8(14)4-3-5-10(11)16/h3-5,7,13,19H,2,6H2,1H3. The van der Waals surface area contributed by atoms with Crippen LogP contribution in [-0.4, -0.2) is 14.9 Å². The van der Waals surface area contributed by atoms with E-state index in [0.29, 0.717) is 21.7 Å². The average Bonchev–Trinajstić information content (AvgIpc) is 2.70. The van der Waals surface area contributed by atoms with Gasteiger partial charge in [-0.15, -0.1) is 0 Å². The van der Waals surface area contributed by atoms with E-state index < -0.39 is 11.9 Å². The van der Waals surface area contributed by atoms with Gasteiger partial charge in [0.1, 0.15) is 11.9 Å². The van der Waals surface area contributed by atoms with Gasteiger partial charge in [0.25, 0.3) is 0 Å². The topological polar surface area (TPSA) is 38.0 Å². The molecule has 1 unspecified atom stereocenters. The van der Waals surface area contributed by atoms with E-state index in [-0.39, 0.29) is 5.56 Å². The number of hydrogen-bond donors (Lipinski definition) is 1. The van der Waals surface area contributed by atoms with Crippen LogP contribution in [0.5, 0.6) is 0 Å². The fourth-order valence-electron chi connectivity index (χ4n) is 1.94. The number of benzene rings is 1. The Morgan fingerprint density at radius 2 is 2.26 bits per heavy atom. The molecule has 102 valence electrons. The lowest BCUT2D eigenvalue weighted by Crippen LogP contribution is -2.12. The van der Waals surface area contributed by atoms with Crippen LogP contribution in [-0.2, 0) is 6.54 Å². The van der Waals surface area contributed by atoms with Crippen LogP contribution in [0.1, 0.15) is 30.7 Å². The normalized spacial score (nSPS) is 12.7. The van der Waals surface area contributed by atoms with Crippen LogP contribution in [0.15, 0.2) is 28.9 Å². The molecule has 2 rings (SSSR count). The third-order valence-corrected chi connectivity index (χ3v) is 3.78. The van der Waals surface area contributed by atoms with Gasteiger partial charge < -0.3 is 5.11 Å². The molecule has 1 N–H and O–H groups in total. The molecule has 0 amide bonds. The molecule has 0 aliphatic carbocycles. The monoisotopic (exact) mass is 346 g/mol. The summed E-state index contributed by atoms with van der Waals surface area (Å²) in [7, 11) is 0. The fraction of sp³-hybridized carbons (Fsp3) is 0.308. The summed E-state index contributed by atoms with van der Waals surface area (Å²) in [5.41, 5.74) is 0.580. The summed E-state index contributed by atoms with van der Waals surface area (Å²) >= 11 is 9.30. The average molecular weight is 348 g/mol. The highest BCUT2D eigenvalue weighted by molar-refractivity contribution is 9.10. The van der Waals surface area contributed by atoms with Crippen LogP contribution >= 0.6 is 27.5 Å². The van der Waals surface area contributed by atoms with Gasteiger partial charge in [0.15, 0.2) is 0 Å². The molecule has 3 nitrogen and oxygen atoms in total. The molecule has 0 aliphatic heterocycles. The zero-order valence-electron chi connectivity index (χ0n) is 10.3. The zero-order valence-corrected chi connectivity index (χ0v) is 12.6. The number of aromatic nitrogens is 2. The SMILES string of the molecule is CCCn1ncc(Cl)c1C(O)c1c(F)cccc1Br. The van der Waals surface area contributed by atoms with Gasteiger partial charge in [-0.25, -0.2) is 4.39 Å². The number of hydrogen-bond acceptors (Lipinski definition) is 2. The number of halogens is 3. The molecule has 1 atom stereocenters. The van der Waals surface area contributed by atoms with Gasteiger partial charge in [-0.1, -0.05) is 40.5 Å². The Hall–Kier alpha value is -0.910. The van der Waals surface area contributed by atoms with Gasteiger partial charge in [0.2, 0.25) is 0 Å². The van der Waals surface area contributed by atoms with E-state index in [1.165, 1.54) is 12.3 Å². The first-order chi connectivity index (χ1) is 9.06. The summed E-state index contributed by atoms with van der Waals surface area (Å²) in [6.07, 6.45) is 1.15. The van der Waals surface area contributed by atoms with E-state index in [4.69, 9.17) is 11.6 Å². The van der Waals surface area contributed by atoms with Gasteiger partial charge in [0.05, 0.1) is 16.9 Å². The summed E-state index contributed by atoms with van der Waals surface area (Å²) in [5.74, 6) is -0.484. The van der Waals surface area contributed by atoms with Crippen LogP contribution in [0.25, 0.3) is 0 Å². The van der Waals surface area contributed by atoms with Crippen molar-refractivity contribution in [2.45, 2.75) is 26.0 Å². The highest BCUT2D eigenvalue weighted by Gasteiger charge is 2.24. The maximum absolute atomic E-state index is 13.9. The van der Waals surface area contributed by atoms with Gasteiger partial charge in [-0.05, 0) is 18.6 Å². The maximum Gasteiger partial charge on any atom is 0.130 e. The van der Waals surface area contributed by atoms with Crippen LogP contribution in [0, 0.1) is 5.82 Å².